The van der Waals surface area contributed by atoms with E-state index in [4.69, 9.17) is 29.8 Å². The number of hydrogen-bond acceptors (Lipinski definition) is 11. The number of carbonyl (C=O) groups excluding carboxylic acids is 5. The van der Waals surface area contributed by atoms with Crippen molar-refractivity contribution in [1.82, 2.24) is 16.0 Å². The highest BCUT2D eigenvalue weighted by atomic mass is 16.6. The second-order valence-corrected chi connectivity index (χ2v) is 17.0. The van der Waals surface area contributed by atoms with Gasteiger partial charge >= 0.3 is 17.9 Å². The predicted molar refractivity (Wildman–Crippen MR) is 224 cm³/mol. The summed E-state index contributed by atoms with van der Waals surface area (Å²) in [7, 11) is 0. The Balaban J connectivity index is 4.03. The normalized spacial score (nSPS) is 12.7. The van der Waals surface area contributed by atoms with Crippen molar-refractivity contribution in [1.29, 1.82) is 0 Å². The summed E-state index contributed by atoms with van der Waals surface area (Å²) in [5.41, 5.74) is 4.30. The van der Waals surface area contributed by atoms with Gasteiger partial charge in [-0.15, -0.1) is 0 Å². The maximum Gasteiger partial charge on any atom is 0.329 e. The number of ether oxygens (including phenoxy) is 4. The van der Waals surface area contributed by atoms with Gasteiger partial charge in [-0.3, -0.25) is 24.0 Å². The van der Waals surface area contributed by atoms with E-state index in [1.807, 2.05) is 20.8 Å². The van der Waals surface area contributed by atoms with Gasteiger partial charge in [-0.2, -0.15) is 0 Å². The average molecular weight is 829 g/mol. The minimum atomic E-state index is -1.04. The number of carboxylic acids is 1. The Morgan fingerprint density at radius 3 is 1.57 bits per heavy atom. The van der Waals surface area contributed by atoms with Crippen molar-refractivity contribution in [2.45, 2.75) is 200 Å². The van der Waals surface area contributed by atoms with Crippen LogP contribution in [0.25, 0.3) is 0 Å². The number of rotatable bonds is 36. The van der Waals surface area contributed by atoms with Gasteiger partial charge in [0, 0.05) is 32.4 Å². The molecule has 58 heavy (non-hydrogen) atoms. The van der Waals surface area contributed by atoms with Crippen molar-refractivity contribution in [3.05, 3.63) is 0 Å². The van der Waals surface area contributed by atoms with Crippen molar-refractivity contribution in [2.75, 3.05) is 39.5 Å². The van der Waals surface area contributed by atoms with Crippen LogP contribution in [0.4, 0.5) is 0 Å². The number of carboxylic acid groups (broad SMARTS) is 1. The monoisotopic (exact) mass is 829 g/mol. The van der Waals surface area contributed by atoms with Gasteiger partial charge in [0.1, 0.15) is 29.9 Å². The molecule has 0 aliphatic rings. The number of carbonyl (C=O) groups is 6. The van der Waals surface area contributed by atoms with Crippen LogP contribution in [0.3, 0.4) is 0 Å². The fraction of sp³-hybridized carbons (Fsp3) is 0.860. The van der Waals surface area contributed by atoms with Crippen LogP contribution in [0.15, 0.2) is 0 Å². The van der Waals surface area contributed by atoms with E-state index in [0.717, 1.165) is 38.5 Å². The Morgan fingerprint density at radius 1 is 0.534 bits per heavy atom. The Labute approximate surface area is 348 Å². The smallest absolute Gasteiger partial charge is 0.329 e. The van der Waals surface area contributed by atoms with Crippen LogP contribution >= 0.6 is 0 Å². The first-order valence-electron chi connectivity index (χ1n) is 21.8. The fourth-order valence-corrected chi connectivity index (χ4v) is 5.86. The molecule has 338 valence electrons. The molecule has 15 heteroatoms. The van der Waals surface area contributed by atoms with E-state index in [-0.39, 0.29) is 69.5 Å². The summed E-state index contributed by atoms with van der Waals surface area (Å²) >= 11 is 0. The zero-order valence-electron chi connectivity index (χ0n) is 36.9. The maximum atomic E-state index is 12.9. The van der Waals surface area contributed by atoms with Crippen LogP contribution in [0.2, 0.25) is 0 Å². The molecule has 3 amide bonds. The summed E-state index contributed by atoms with van der Waals surface area (Å²) < 4.78 is 21.6. The van der Waals surface area contributed by atoms with Gasteiger partial charge in [-0.25, -0.2) is 4.79 Å². The summed E-state index contributed by atoms with van der Waals surface area (Å²) in [5, 5.41) is 17.0. The number of aliphatic carboxylic acids is 1. The molecule has 0 spiro atoms. The number of esters is 2. The number of amides is 3. The lowest BCUT2D eigenvalue weighted by molar-refractivity contribution is -0.159. The minimum absolute atomic E-state index is 0.0200. The number of unbranched alkanes of at least 4 members (excludes halogenated alkanes) is 14. The molecule has 0 radical (unpaired) electrons. The zero-order chi connectivity index (χ0) is 43.7. The molecule has 0 aromatic carbocycles. The second-order valence-electron chi connectivity index (χ2n) is 17.0. The molecular formula is C43H80N4O11. The van der Waals surface area contributed by atoms with Gasteiger partial charge in [0.05, 0.1) is 19.8 Å². The van der Waals surface area contributed by atoms with Crippen LogP contribution in [-0.4, -0.2) is 104 Å². The Hall–Kier alpha value is -3.30. The first-order chi connectivity index (χ1) is 27.4. The summed E-state index contributed by atoms with van der Waals surface area (Å²) in [4.78, 5) is 72.3. The van der Waals surface area contributed by atoms with E-state index in [1.165, 1.54) is 51.4 Å². The first-order valence-corrected chi connectivity index (χ1v) is 21.8. The standard InChI is InChI=1S/C43H80N4O11/c1-42(2,3)57-39(51)25-20-18-16-14-12-10-8-7-9-11-13-15-17-19-24-37(49)47-35(41(54)58-43(4,5)6)26-27-36(48)46-29-30-55-31-32-56-33-38(50)45-28-22-21-23-34(44)40(52)53/h34-35H,7-33,44H2,1-6H3,(H,45,50)(H,46,48)(H,47,49)(H,52,53)/t34-,35-/m0/s1. The minimum Gasteiger partial charge on any atom is -0.480 e. The molecule has 15 nitrogen and oxygen atoms in total. The van der Waals surface area contributed by atoms with Crippen molar-refractivity contribution in [3.8, 4) is 0 Å². The maximum absolute atomic E-state index is 12.9. The third-order valence-electron chi connectivity index (χ3n) is 8.90. The number of hydrogen-bond donors (Lipinski definition) is 5. The third kappa shape index (κ3) is 37.0. The SMILES string of the molecule is CC(C)(C)OC(=O)CCCCCCCCCCCCCCCCC(=O)N[C@@H](CCC(=O)NCCOCCOCC(=O)NCCCC[C@H](N)C(=O)O)C(=O)OC(C)(C)C. The third-order valence-corrected chi connectivity index (χ3v) is 8.90. The average Bonchev–Trinajstić information content (AvgIpc) is 3.12. The largest absolute Gasteiger partial charge is 0.480 e. The second kappa shape index (κ2) is 33.5. The van der Waals surface area contributed by atoms with Crippen LogP contribution in [0.1, 0.15) is 176 Å². The lowest BCUT2D eigenvalue weighted by Gasteiger charge is -2.24. The van der Waals surface area contributed by atoms with Crippen molar-refractivity contribution >= 4 is 35.6 Å². The molecule has 2 atom stereocenters. The summed E-state index contributed by atoms with van der Waals surface area (Å²) in [5.74, 6) is -2.51. The van der Waals surface area contributed by atoms with Crippen LogP contribution < -0.4 is 21.7 Å². The highest BCUT2D eigenvalue weighted by Gasteiger charge is 2.27. The summed E-state index contributed by atoms with van der Waals surface area (Å²) in [6.07, 6.45) is 18.2. The van der Waals surface area contributed by atoms with Crippen LogP contribution in [0.5, 0.6) is 0 Å². The summed E-state index contributed by atoms with van der Waals surface area (Å²) in [6, 6.07) is -1.82. The molecular weight excluding hydrogens is 748 g/mol. The molecule has 0 unspecified atom stereocenters. The Bertz CT molecular complexity index is 1150. The molecule has 0 aromatic heterocycles. The van der Waals surface area contributed by atoms with Gasteiger partial charge in [-0.05, 0) is 80.1 Å². The quantitative estimate of drug-likeness (QED) is 0.0361. The Morgan fingerprint density at radius 2 is 1.03 bits per heavy atom. The fourth-order valence-electron chi connectivity index (χ4n) is 5.86. The zero-order valence-corrected chi connectivity index (χ0v) is 36.9. The molecule has 6 N–H and O–H groups in total. The molecule has 0 saturated carbocycles. The van der Waals surface area contributed by atoms with Gasteiger partial charge in [0.15, 0.2) is 0 Å². The van der Waals surface area contributed by atoms with E-state index >= 15 is 0 Å². The van der Waals surface area contributed by atoms with Gasteiger partial charge in [0.2, 0.25) is 17.7 Å². The predicted octanol–water partition coefficient (Wildman–Crippen LogP) is 6.02. The van der Waals surface area contributed by atoms with Crippen molar-refractivity contribution < 1.29 is 52.8 Å². The highest BCUT2D eigenvalue weighted by molar-refractivity contribution is 5.85. The molecule has 0 rings (SSSR count). The molecule has 0 bridgehead atoms. The van der Waals surface area contributed by atoms with E-state index in [0.29, 0.717) is 38.6 Å². The molecule has 0 aliphatic carbocycles. The van der Waals surface area contributed by atoms with E-state index in [9.17, 15) is 28.8 Å². The van der Waals surface area contributed by atoms with E-state index in [1.54, 1.807) is 20.8 Å². The van der Waals surface area contributed by atoms with Crippen LogP contribution in [0, 0.1) is 0 Å². The van der Waals surface area contributed by atoms with Gasteiger partial charge in [0.25, 0.3) is 0 Å². The van der Waals surface area contributed by atoms with Gasteiger partial charge < -0.3 is 45.7 Å². The van der Waals surface area contributed by atoms with E-state index in [2.05, 4.69) is 16.0 Å². The number of nitrogens with two attached hydrogens (primary N) is 1. The topological polar surface area (TPSA) is 222 Å². The lowest BCUT2D eigenvalue weighted by atomic mass is 10.0. The molecule has 0 heterocycles. The Kier molecular flexibility index (Phi) is 31.6. The van der Waals surface area contributed by atoms with Crippen molar-refractivity contribution in [3.63, 3.8) is 0 Å². The van der Waals surface area contributed by atoms with Crippen molar-refractivity contribution in [2.24, 2.45) is 5.73 Å². The lowest BCUT2D eigenvalue weighted by Crippen LogP contribution is -2.44. The van der Waals surface area contributed by atoms with E-state index < -0.39 is 35.2 Å². The molecule has 0 saturated heterocycles. The first kappa shape index (κ1) is 54.7. The number of nitrogens with one attached hydrogen (secondary N) is 3. The molecule has 0 fully saturated rings. The van der Waals surface area contributed by atoms with Crippen LogP contribution in [-0.2, 0) is 47.7 Å². The molecule has 0 aliphatic heterocycles. The molecule has 0 aromatic rings. The highest BCUT2D eigenvalue weighted by Crippen LogP contribution is 2.16. The summed E-state index contributed by atoms with van der Waals surface area (Å²) in [6.45, 7) is 12.1. The van der Waals surface area contributed by atoms with Gasteiger partial charge in [-0.1, -0.05) is 77.0 Å².